The van der Waals surface area contributed by atoms with Crippen LogP contribution in [0, 0.1) is 5.41 Å². The largest absolute Gasteiger partial charge is 0.690 e. The zero-order chi connectivity index (χ0) is 6.28. The Kier molecular flexibility index (Phi) is 12.2. The van der Waals surface area contributed by atoms with Crippen LogP contribution in [-0.2, 0) is 16.2 Å². The van der Waals surface area contributed by atoms with E-state index in [2.05, 4.69) is 11.5 Å². The van der Waals surface area contributed by atoms with Gasteiger partial charge < -0.3 is 11.5 Å². The van der Waals surface area contributed by atoms with Crippen molar-refractivity contribution >= 4 is 17.9 Å². The van der Waals surface area contributed by atoms with Gasteiger partial charge in [-0.3, -0.25) is 5.41 Å². The minimum Gasteiger partial charge on any atom is -0.370 e. The molecule has 7 heavy (non-hydrogen) atoms. The van der Waals surface area contributed by atoms with Crippen molar-refractivity contribution in [3.63, 3.8) is 0 Å². The normalized spacial score (nSPS) is 5.29. The summed E-state index contributed by atoms with van der Waals surface area (Å²) in [6.07, 6.45) is 0. The van der Waals surface area contributed by atoms with Crippen molar-refractivity contribution in [1.29, 1.82) is 5.41 Å². The van der Waals surface area contributed by atoms with Crippen molar-refractivity contribution < 1.29 is 8.76 Å². The first-order valence-electron chi connectivity index (χ1n) is 1.18. The van der Waals surface area contributed by atoms with Crippen molar-refractivity contribution in [2.75, 3.05) is 0 Å². The Hall–Kier alpha value is -0.750. The molecule has 0 aliphatic carbocycles. The van der Waals surface area contributed by atoms with Gasteiger partial charge in [0, 0.05) is 0 Å². The molecule has 5 nitrogen and oxygen atoms in total. The molecule has 0 rings (SSSR count). The Morgan fingerprint density at radius 2 is 1.71 bits per heavy atom. The molecule has 0 saturated carbocycles. The Bertz CT molecular complexity index is 60.0. The molecule has 42 valence electrons. The highest BCUT2D eigenvalue weighted by atomic mass is 32.2. The average Bonchev–Trinajstić information content (AvgIpc) is 1.33. The first kappa shape index (κ1) is 9.54. The topological polar surface area (TPSA) is 113 Å². The standard InChI is InChI=1S/CH5N3.O2S/c2-1(3)4;1-3-2/h(H5,2,3,4);/p+1. The fourth-order valence-corrected chi connectivity index (χ4v) is 0. The minimum atomic E-state index is -0.500. The Morgan fingerprint density at radius 3 is 1.71 bits per heavy atom. The molecule has 0 atom stereocenters. The van der Waals surface area contributed by atoms with Gasteiger partial charge in [-0.15, -0.1) is 0 Å². The lowest BCUT2D eigenvalue weighted by Crippen LogP contribution is -2.20. The molecular formula is CH6N3O2S+. The van der Waals surface area contributed by atoms with Crippen LogP contribution in [0.2, 0.25) is 0 Å². The van der Waals surface area contributed by atoms with Crippen LogP contribution in [-0.4, -0.2) is 10.5 Å². The summed E-state index contributed by atoms with van der Waals surface area (Å²) < 4.78 is 15.3. The van der Waals surface area contributed by atoms with Crippen molar-refractivity contribution in [2.24, 2.45) is 11.5 Å². The maximum atomic E-state index is 8.40. The predicted octanol–water partition coefficient (Wildman–Crippen LogP) is -1.27. The molecule has 6 N–H and O–H groups in total. The summed E-state index contributed by atoms with van der Waals surface area (Å²) in [5, 5.41) is 6.06. The van der Waals surface area contributed by atoms with E-state index in [0.29, 0.717) is 0 Å². The van der Waals surface area contributed by atoms with E-state index in [1.165, 1.54) is 0 Å². The van der Waals surface area contributed by atoms with E-state index >= 15 is 0 Å². The second-order valence-electron chi connectivity index (χ2n) is 0.530. The van der Waals surface area contributed by atoms with Crippen molar-refractivity contribution in [3.8, 4) is 0 Å². The van der Waals surface area contributed by atoms with Crippen LogP contribution in [0.15, 0.2) is 0 Å². The molecule has 0 amide bonds. The van der Waals surface area contributed by atoms with Crippen LogP contribution in [0.5, 0.6) is 0 Å². The molecule has 0 saturated heterocycles. The quantitative estimate of drug-likeness (QED) is 0.139. The minimum absolute atomic E-state index is 0.333. The van der Waals surface area contributed by atoms with E-state index in [-0.39, 0.29) is 5.96 Å². The SMILES string of the molecule is N=C(N)N.O=[S+]O. The van der Waals surface area contributed by atoms with Gasteiger partial charge in [-0.2, -0.15) is 0 Å². The van der Waals surface area contributed by atoms with Gasteiger partial charge in [0.1, 0.15) is 0 Å². The molecular weight excluding hydrogens is 118 g/mol. The second kappa shape index (κ2) is 8.98. The predicted molar refractivity (Wildman–Crippen MR) is 26.8 cm³/mol. The van der Waals surface area contributed by atoms with Gasteiger partial charge in [0.25, 0.3) is 0 Å². The van der Waals surface area contributed by atoms with Gasteiger partial charge in [0.05, 0.1) is 4.21 Å². The van der Waals surface area contributed by atoms with E-state index in [0.717, 1.165) is 0 Å². The lowest BCUT2D eigenvalue weighted by Gasteiger charge is -1.69. The van der Waals surface area contributed by atoms with Crippen molar-refractivity contribution in [2.45, 2.75) is 0 Å². The number of rotatable bonds is 0. The number of nitrogens with one attached hydrogen (secondary N) is 1. The summed E-state index contributed by atoms with van der Waals surface area (Å²) in [6.45, 7) is 0. The molecule has 0 fully saturated rings. The summed E-state index contributed by atoms with van der Waals surface area (Å²) in [4.78, 5) is 0. The van der Waals surface area contributed by atoms with Gasteiger partial charge in [-0.25, -0.2) is 0 Å². The fraction of sp³-hybridized carbons (Fsp3) is 0. The fourth-order valence-electron chi connectivity index (χ4n) is 0. The van der Waals surface area contributed by atoms with Crippen molar-refractivity contribution in [3.05, 3.63) is 0 Å². The van der Waals surface area contributed by atoms with Gasteiger partial charge in [0.2, 0.25) is 0 Å². The third kappa shape index (κ3) is 98.6. The van der Waals surface area contributed by atoms with E-state index < -0.39 is 11.9 Å². The Balaban J connectivity index is 0. The second-order valence-corrected chi connectivity index (χ2v) is 0.679. The van der Waals surface area contributed by atoms with Gasteiger partial charge in [-0.1, -0.05) is 4.55 Å². The third-order valence-corrected chi connectivity index (χ3v) is 0. The van der Waals surface area contributed by atoms with Crippen LogP contribution in [0.4, 0.5) is 0 Å². The third-order valence-electron chi connectivity index (χ3n) is 0. The van der Waals surface area contributed by atoms with Gasteiger partial charge >= 0.3 is 11.9 Å². The highest BCUT2D eigenvalue weighted by Crippen LogP contribution is 1.13. The highest BCUT2D eigenvalue weighted by molar-refractivity contribution is 7.59. The first-order chi connectivity index (χ1) is 3.15. The zero-order valence-corrected chi connectivity index (χ0v) is 4.23. The van der Waals surface area contributed by atoms with E-state index in [1.54, 1.807) is 0 Å². The molecule has 0 aromatic heterocycles. The van der Waals surface area contributed by atoms with Crippen LogP contribution < -0.4 is 11.5 Å². The van der Waals surface area contributed by atoms with Crippen molar-refractivity contribution in [1.82, 2.24) is 0 Å². The number of nitrogens with two attached hydrogens (primary N) is 2. The number of hydrogen-bond donors (Lipinski definition) is 4. The number of hydrogen-bond acceptors (Lipinski definition) is 2. The van der Waals surface area contributed by atoms with E-state index in [4.69, 9.17) is 14.2 Å². The van der Waals surface area contributed by atoms with E-state index in [9.17, 15) is 0 Å². The monoisotopic (exact) mass is 124 g/mol. The molecule has 0 bridgehead atoms. The lowest BCUT2D eigenvalue weighted by atomic mass is 11.1. The lowest BCUT2D eigenvalue weighted by molar-refractivity contribution is 0.538. The number of guanidine groups is 1. The first-order valence-corrected chi connectivity index (χ1v) is 1.88. The van der Waals surface area contributed by atoms with Crippen LogP contribution in [0.1, 0.15) is 0 Å². The Morgan fingerprint density at radius 1 is 1.71 bits per heavy atom. The summed E-state index contributed by atoms with van der Waals surface area (Å²) in [5.41, 5.74) is 8.94. The summed E-state index contributed by atoms with van der Waals surface area (Å²) in [6, 6.07) is 0. The smallest absolute Gasteiger partial charge is 0.370 e. The summed E-state index contributed by atoms with van der Waals surface area (Å²) in [5.74, 6) is -0.333. The maximum Gasteiger partial charge on any atom is 0.690 e. The summed E-state index contributed by atoms with van der Waals surface area (Å²) in [7, 11) is 0. The molecule has 0 spiro atoms. The molecule has 0 heterocycles. The molecule has 0 aliphatic rings. The molecule has 0 aromatic carbocycles. The summed E-state index contributed by atoms with van der Waals surface area (Å²) >= 11 is -0.500. The zero-order valence-electron chi connectivity index (χ0n) is 3.42. The maximum absolute atomic E-state index is 8.40. The molecule has 0 unspecified atom stereocenters. The van der Waals surface area contributed by atoms with Crippen LogP contribution in [0.25, 0.3) is 0 Å². The van der Waals surface area contributed by atoms with E-state index in [1.807, 2.05) is 0 Å². The molecule has 0 radical (unpaired) electrons. The Labute approximate surface area is 44.5 Å². The molecule has 0 aromatic rings. The van der Waals surface area contributed by atoms with Crippen LogP contribution in [0.3, 0.4) is 0 Å². The van der Waals surface area contributed by atoms with Gasteiger partial charge in [-0.05, 0) is 0 Å². The molecule has 0 aliphatic heterocycles. The van der Waals surface area contributed by atoms with Crippen LogP contribution >= 0.6 is 0 Å². The average molecular weight is 124 g/mol. The highest BCUT2D eigenvalue weighted by Gasteiger charge is 1.61. The van der Waals surface area contributed by atoms with Gasteiger partial charge in [0.15, 0.2) is 5.96 Å². The molecule has 6 heteroatoms.